The van der Waals surface area contributed by atoms with Gasteiger partial charge < -0.3 is 15.6 Å². The minimum absolute atomic E-state index is 0.437. The van der Waals surface area contributed by atoms with Crippen LogP contribution in [0.4, 0.5) is 5.69 Å². The highest BCUT2D eigenvalue weighted by Crippen LogP contribution is 2.16. The zero-order valence-corrected chi connectivity index (χ0v) is 7.23. The van der Waals surface area contributed by atoms with Crippen molar-refractivity contribution in [1.82, 2.24) is 0 Å². The van der Waals surface area contributed by atoms with E-state index in [-0.39, 0.29) is 0 Å². The topological polar surface area (TPSA) is 72.5 Å². The van der Waals surface area contributed by atoms with Crippen LogP contribution in [-0.2, 0) is 9.53 Å². The number of anilines is 1. The van der Waals surface area contributed by atoms with E-state index in [0.717, 1.165) is 0 Å². The molecule has 0 heterocycles. The fourth-order valence-electron chi connectivity index (χ4n) is 0.977. The van der Waals surface area contributed by atoms with Crippen LogP contribution in [0.1, 0.15) is 11.7 Å². The van der Waals surface area contributed by atoms with Gasteiger partial charge in [0, 0.05) is 5.69 Å². The first-order chi connectivity index (χ1) is 6.15. The third-order valence-electron chi connectivity index (χ3n) is 1.65. The number of nitrogens with two attached hydrogens (primary N) is 1. The molecule has 0 bridgehead atoms. The zero-order chi connectivity index (χ0) is 9.84. The van der Waals surface area contributed by atoms with Gasteiger partial charge in [-0.05, 0) is 17.7 Å². The van der Waals surface area contributed by atoms with Crippen molar-refractivity contribution < 1.29 is 14.6 Å². The Morgan fingerprint density at radius 2 is 2.31 bits per heavy atom. The lowest BCUT2D eigenvalue weighted by molar-refractivity contribution is -0.150. The van der Waals surface area contributed by atoms with E-state index < -0.39 is 12.1 Å². The van der Waals surface area contributed by atoms with Gasteiger partial charge in [-0.3, -0.25) is 0 Å². The lowest BCUT2D eigenvalue weighted by atomic mass is 10.1. The Labute approximate surface area is 75.9 Å². The molecular formula is C9H11NO3. The van der Waals surface area contributed by atoms with E-state index in [9.17, 15) is 9.90 Å². The van der Waals surface area contributed by atoms with Gasteiger partial charge in [-0.15, -0.1) is 0 Å². The number of carbonyl (C=O) groups is 1. The van der Waals surface area contributed by atoms with Crippen LogP contribution in [0, 0.1) is 0 Å². The van der Waals surface area contributed by atoms with E-state index >= 15 is 0 Å². The summed E-state index contributed by atoms with van der Waals surface area (Å²) in [7, 11) is 1.22. The molecule has 0 saturated carbocycles. The molecule has 0 amide bonds. The summed E-state index contributed by atoms with van der Waals surface area (Å²) in [5, 5.41) is 9.38. The van der Waals surface area contributed by atoms with E-state index in [0.29, 0.717) is 11.3 Å². The van der Waals surface area contributed by atoms with Crippen LogP contribution in [0.3, 0.4) is 0 Å². The van der Waals surface area contributed by atoms with Crippen molar-refractivity contribution in [3.8, 4) is 0 Å². The molecule has 4 nitrogen and oxygen atoms in total. The van der Waals surface area contributed by atoms with Crippen LogP contribution in [0.25, 0.3) is 0 Å². The number of rotatable bonds is 2. The van der Waals surface area contributed by atoms with Crippen molar-refractivity contribution >= 4 is 11.7 Å². The molecule has 0 fully saturated rings. The van der Waals surface area contributed by atoms with Crippen LogP contribution >= 0.6 is 0 Å². The van der Waals surface area contributed by atoms with Crippen LogP contribution in [0.2, 0.25) is 0 Å². The molecule has 0 aliphatic carbocycles. The molecule has 1 aromatic carbocycles. The van der Waals surface area contributed by atoms with Gasteiger partial charge in [-0.1, -0.05) is 12.1 Å². The molecule has 3 N–H and O–H groups in total. The van der Waals surface area contributed by atoms with Gasteiger partial charge in [0.05, 0.1) is 7.11 Å². The summed E-state index contributed by atoms with van der Waals surface area (Å²) in [6, 6.07) is 6.48. The second-order valence-electron chi connectivity index (χ2n) is 2.60. The number of methoxy groups -OCH3 is 1. The summed E-state index contributed by atoms with van der Waals surface area (Å²) < 4.78 is 4.38. The quantitative estimate of drug-likeness (QED) is 0.514. The van der Waals surface area contributed by atoms with Crippen molar-refractivity contribution in [1.29, 1.82) is 0 Å². The molecule has 1 aromatic rings. The van der Waals surface area contributed by atoms with Crippen molar-refractivity contribution in [2.75, 3.05) is 12.8 Å². The Morgan fingerprint density at radius 1 is 1.62 bits per heavy atom. The maximum Gasteiger partial charge on any atom is 0.339 e. The average Bonchev–Trinajstić information content (AvgIpc) is 2.15. The molecule has 0 aliphatic rings. The molecule has 0 aliphatic heterocycles. The lowest BCUT2D eigenvalue weighted by Crippen LogP contribution is -2.13. The highest BCUT2D eigenvalue weighted by Gasteiger charge is 2.17. The largest absolute Gasteiger partial charge is 0.467 e. The Kier molecular flexibility index (Phi) is 2.87. The predicted octanol–water partition coefficient (Wildman–Crippen LogP) is 0.475. The monoisotopic (exact) mass is 181 g/mol. The van der Waals surface area contributed by atoms with Gasteiger partial charge >= 0.3 is 5.97 Å². The van der Waals surface area contributed by atoms with Gasteiger partial charge in [0.2, 0.25) is 0 Å². The normalized spacial score (nSPS) is 12.2. The standard InChI is InChI=1S/C9H11NO3/c1-13-9(12)8(11)6-3-2-4-7(10)5-6/h2-5,8,11H,10H2,1H3/t8-/m1/s1. The first kappa shape index (κ1) is 9.54. The van der Waals surface area contributed by atoms with Gasteiger partial charge in [0.1, 0.15) is 0 Å². The first-order valence-corrected chi connectivity index (χ1v) is 3.76. The maximum atomic E-state index is 10.9. The SMILES string of the molecule is COC(=O)[C@H](O)c1cccc(N)c1. The number of aliphatic hydroxyl groups excluding tert-OH is 1. The van der Waals surface area contributed by atoms with Gasteiger partial charge in [0.15, 0.2) is 6.10 Å². The van der Waals surface area contributed by atoms with Crippen LogP contribution < -0.4 is 5.73 Å². The van der Waals surface area contributed by atoms with E-state index in [1.807, 2.05) is 0 Å². The third-order valence-corrected chi connectivity index (χ3v) is 1.65. The number of hydrogen-bond acceptors (Lipinski definition) is 4. The molecule has 0 unspecified atom stereocenters. The number of aliphatic hydroxyl groups is 1. The number of carbonyl (C=O) groups excluding carboxylic acids is 1. The molecule has 0 saturated heterocycles. The number of nitrogen functional groups attached to an aromatic ring is 1. The fourth-order valence-corrected chi connectivity index (χ4v) is 0.977. The number of hydrogen-bond donors (Lipinski definition) is 2. The molecule has 1 rings (SSSR count). The van der Waals surface area contributed by atoms with Crippen molar-refractivity contribution in [2.45, 2.75) is 6.10 Å². The smallest absolute Gasteiger partial charge is 0.339 e. The Balaban J connectivity index is 2.88. The summed E-state index contributed by atoms with van der Waals surface area (Å²) in [4.78, 5) is 10.9. The molecular weight excluding hydrogens is 170 g/mol. The van der Waals surface area contributed by atoms with E-state index in [1.54, 1.807) is 18.2 Å². The highest BCUT2D eigenvalue weighted by atomic mass is 16.5. The van der Waals surface area contributed by atoms with Gasteiger partial charge in [0.25, 0.3) is 0 Å². The number of esters is 1. The van der Waals surface area contributed by atoms with Crippen LogP contribution in [0.5, 0.6) is 0 Å². The maximum absolute atomic E-state index is 10.9. The molecule has 70 valence electrons. The molecule has 0 radical (unpaired) electrons. The summed E-state index contributed by atoms with van der Waals surface area (Å²) in [6.07, 6.45) is -1.26. The zero-order valence-electron chi connectivity index (χ0n) is 7.23. The Hall–Kier alpha value is -1.55. The van der Waals surface area contributed by atoms with Gasteiger partial charge in [-0.25, -0.2) is 4.79 Å². The molecule has 0 aromatic heterocycles. The minimum atomic E-state index is -1.26. The predicted molar refractivity (Wildman–Crippen MR) is 47.8 cm³/mol. The fraction of sp³-hybridized carbons (Fsp3) is 0.222. The Morgan fingerprint density at radius 3 is 2.85 bits per heavy atom. The van der Waals surface area contributed by atoms with Gasteiger partial charge in [-0.2, -0.15) is 0 Å². The number of benzene rings is 1. The lowest BCUT2D eigenvalue weighted by Gasteiger charge is -2.08. The third kappa shape index (κ3) is 2.19. The van der Waals surface area contributed by atoms with Crippen molar-refractivity contribution in [3.63, 3.8) is 0 Å². The summed E-state index contributed by atoms with van der Waals surface area (Å²) in [5.74, 6) is -0.689. The summed E-state index contributed by atoms with van der Waals surface area (Å²) in [6.45, 7) is 0. The minimum Gasteiger partial charge on any atom is -0.467 e. The highest BCUT2D eigenvalue weighted by molar-refractivity contribution is 5.76. The molecule has 13 heavy (non-hydrogen) atoms. The summed E-state index contributed by atoms with van der Waals surface area (Å²) >= 11 is 0. The molecule has 1 atom stereocenters. The first-order valence-electron chi connectivity index (χ1n) is 3.76. The molecule has 0 spiro atoms. The van der Waals surface area contributed by atoms with Crippen LogP contribution in [0.15, 0.2) is 24.3 Å². The van der Waals surface area contributed by atoms with E-state index in [1.165, 1.54) is 13.2 Å². The Bertz CT molecular complexity index is 311. The van der Waals surface area contributed by atoms with Crippen LogP contribution in [-0.4, -0.2) is 18.2 Å². The summed E-state index contributed by atoms with van der Waals surface area (Å²) in [5.41, 5.74) is 6.41. The van der Waals surface area contributed by atoms with E-state index in [2.05, 4.69) is 4.74 Å². The van der Waals surface area contributed by atoms with E-state index in [4.69, 9.17) is 5.73 Å². The van der Waals surface area contributed by atoms with Crippen molar-refractivity contribution in [3.05, 3.63) is 29.8 Å². The second-order valence-corrected chi connectivity index (χ2v) is 2.60. The molecule has 4 heteroatoms. The second kappa shape index (κ2) is 3.91. The average molecular weight is 181 g/mol. The van der Waals surface area contributed by atoms with Crippen molar-refractivity contribution in [2.24, 2.45) is 0 Å². The number of ether oxygens (including phenoxy) is 1.